The van der Waals surface area contributed by atoms with Crippen LogP contribution in [0.25, 0.3) is 0 Å². The number of aryl methyl sites for hydroxylation is 1. The molecule has 0 aliphatic carbocycles. The molecule has 0 amide bonds. The predicted molar refractivity (Wildman–Crippen MR) is 69.0 cm³/mol. The molecule has 1 unspecified atom stereocenters. The average Bonchev–Trinajstić information content (AvgIpc) is 2.73. The number of rotatable bonds is 5. The van der Waals surface area contributed by atoms with Crippen LogP contribution in [0.3, 0.4) is 0 Å². The van der Waals surface area contributed by atoms with Gasteiger partial charge in [0, 0.05) is 13.1 Å². The van der Waals surface area contributed by atoms with Crippen molar-refractivity contribution >= 4 is 0 Å². The lowest BCUT2D eigenvalue weighted by atomic mass is 10.1. The SMILES string of the molecule is CC(N)Cc1cc(F)c(OCc2ncnn2C)c(F)c1. The van der Waals surface area contributed by atoms with Crippen molar-refractivity contribution in [3.8, 4) is 5.75 Å². The number of halogens is 2. The minimum Gasteiger partial charge on any atom is -0.479 e. The second kappa shape index (κ2) is 5.96. The summed E-state index contributed by atoms with van der Waals surface area (Å²) in [5.41, 5.74) is 6.11. The molecule has 0 radical (unpaired) electrons. The molecule has 2 rings (SSSR count). The molecule has 0 aliphatic heterocycles. The van der Waals surface area contributed by atoms with Crippen LogP contribution in [0.1, 0.15) is 18.3 Å². The Morgan fingerprint density at radius 2 is 2.00 bits per heavy atom. The lowest BCUT2D eigenvalue weighted by molar-refractivity contribution is 0.261. The van der Waals surface area contributed by atoms with Crippen molar-refractivity contribution in [3.63, 3.8) is 0 Å². The van der Waals surface area contributed by atoms with Gasteiger partial charge in [0.15, 0.2) is 23.2 Å². The molecule has 1 aromatic carbocycles. The molecule has 0 saturated heterocycles. The molecule has 108 valence electrons. The van der Waals surface area contributed by atoms with E-state index in [0.717, 1.165) is 0 Å². The fraction of sp³-hybridized carbons (Fsp3) is 0.385. The van der Waals surface area contributed by atoms with E-state index in [2.05, 4.69) is 10.1 Å². The first-order valence-electron chi connectivity index (χ1n) is 6.16. The van der Waals surface area contributed by atoms with Gasteiger partial charge in [-0.3, -0.25) is 4.68 Å². The molecule has 0 aliphatic rings. The van der Waals surface area contributed by atoms with Crippen molar-refractivity contribution in [2.24, 2.45) is 12.8 Å². The molecular formula is C13H16F2N4O. The molecule has 1 heterocycles. The summed E-state index contributed by atoms with van der Waals surface area (Å²) in [6.45, 7) is 1.71. The highest BCUT2D eigenvalue weighted by molar-refractivity contribution is 5.31. The van der Waals surface area contributed by atoms with E-state index >= 15 is 0 Å². The van der Waals surface area contributed by atoms with Gasteiger partial charge in [-0.2, -0.15) is 5.10 Å². The third-order valence-corrected chi connectivity index (χ3v) is 2.77. The number of nitrogens with two attached hydrogens (primary N) is 1. The van der Waals surface area contributed by atoms with Crippen LogP contribution in [0.4, 0.5) is 8.78 Å². The third kappa shape index (κ3) is 3.30. The summed E-state index contributed by atoms with van der Waals surface area (Å²) in [5, 5.41) is 3.84. The number of hydrogen-bond acceptors (Lipinski definition) is 4. The average molecular weight is 282 g/mol. The number of aromatic nitrogens is 3. The first kappa shape index (κ1) is 14.4. The molecule has 0 saturated carbocycles. The van der Waals surface area contributed by atoms with E-state index in [1.54, 1.807) is 14.0 Å². The van der Waals surface area contributed by atoms with E-state index in [0.29, 0.717) is 17.8 Å². The van der Waals surface area contributed by atoms with Crippen LogP contribution < -0.4 is 10.5 Å². The first-order valence-corrected chi connectivity index (χ1v) is 6.16. The number of benzene rings is 1. The van der Waals surface area contributed by atoms with Gasteiger partial charge < -0.3 is 10.5 Å². The van der Waals surface area contributed by atoms with E-state index in [4.69, 9.17) is 10.5 Å². The van der Waals surface area contributed by atoms with Crippen molar-refractivity contribution in [2.75, 3.05) is 0 Å². The Kier molecular flexibility index (Phi) is 4.29. The van der Waals surface area contributed by atoms with E-state index < -0.39 is 17.4 Å². The van der Waals surface area contributed by atoms with Crippen molar-refractivity contribution in [1.29, 1.82) is 0 Å². The topological polar surface area (TPSA) is 66.0 Å². The first-order chi connectivity index (χ1) is 9.47. The quantitative estimate of drug-likeness (QED) is 0.904. The van der Waals surface area contributed by atoms with Crippen molar-refractivity contribution in [2.45, 2.75) is 26.0 Å². The number of hydrogen-bond donors (Lipinski definition) is 1. The van der Waals surface area contributed by atoms with Gasteiger partial charge in [-0.15, -0.1) is 0 Å². The van der Waals surface area contributed by atoms with Crippen molar-refractivity contribution in [3.05, 3.63) is 41.5 Å². The van der Waals surface area contributed by atoms with Crippen LogP contribution >= 0.6 is 0 Å². The summed E-state index contributed by atoms with van der Waals surface area (Å²) in [6, 6.07) is 2.30. The highest BCUT2D eigenvalue weighted by Gasteiger charge is 2.14. The second-order valence-electron chi connectivity index (χ2n) is 4.66. The molecule has 2 aromatic rings. The van der Waals surface area contributed by atoms with Crippen LogP contribution in [0, 0.1) is 11.6 Å². The zero-order chi connectivity index (χ0) is 14.7. The Morgan fingerprint density at radius 1 is 1.35 bits per heavy atom. The van der Waals surface area contributed by atoms with Crippen LogP contribution in [0.5, 0.6) is 5.75 Å². The molecular weight excluding hydrogens is 266 g/mol. The monoisotopic (exact) mass is 282 g/mol. The molecule has 1 atom stereocenters. The smallest absolute Gasteiger partial charge is 0.191 e. The van der Waals surface area contributed by atoms with Gasteiger partial charge in [0.2, 0.25) is 0 Å². The van der Waals surface area contributed by atoms with Gasteiger partial charge in [0.05, 0.1) is 0 Å². The van der Waals surface area contributed by atoms with Crippen molar-refractivity contribution in [1.82, 2.24) is 14.8 Å². The Morgan fingerprint density at radius 3 is 2.50 bits per heavy atom. The Balaban J connectivity index is 2.14. The zero-order valence-electron chi connectivity index (χ0n) is 11.3. The molecule has 0 bridgehead atoms. The summed E-state index contributed by atoms with van der Waals surface area (Å²) in [7, 11) is 1.67. The van der Waals surface area contributed by atoms with Gasteiger partial charge in [-0.05, 0) is 31.0 Å². The zero-order valence-corrected chi connectivity index (χ0v) is 11.3. The van der Waals surface area contributed by atoms with E-state index in [-0.39, 0.29) is 12.6 Å². The summed E-state index contributed by atoms with van der Waals surface area (Å²) in [4.78, 5) is 3.91. The number of ether oxygens (including phenoxy) is 1. The summed E-state index contributed by atoms with van der Waals surface area (Å²) < 4.78 is 34.3. The molecule has 5 nitrogen and oxygen atoms in total. The molecule has 20 heavy (non-hydrogen) atoms. The highest BCUT2D eigenvalue weighted by Crippen LogP contribution is 2.24. The Hall–Kier alpha value is -2.02. The highest BCUT2D eigenvalue weighted by atomic mass is 19.1. The minimum atomic E-state index is -0.747. The standard InChI is InChI=1S/C13H16F2N4O/c1-8(16)3-9-4-10(14)13(11(15)5-9)20-6-12-17-7-18-19(12)2/h4-5,7-8H,3,6,16H2,1-2H3. The van der Waals surface area contributed by atoms with Crippen LogP contribution in [0.2, 0.25) is 0 Å². The van der Waals surface area contributed by atoms with Gasteiger partial charge in [0.25, 0.3) is 0 Å². The maximum absolute atomic E-state index is 13.8. The van der Waals surface area contributed by atoms with Crippen LogP contribution in [-0.2, 0) is 20.1 Å². The summed E-state index contributed by atoms with van der Waals surface area (Å²) >= 11 is 0. The number of nitrogens with zero attached hydrogens (tertiary/aromatic N) is 3. The third-order valence-electron chi connectivity index (χ3n) is 2.77. The van der Waals surface area contributed by atoms with Gasteiger partial charge >= 0.3 is 0 Å². The van der Waals surface area contributed by atoms with Crippen molar-refractivity contribution < 1.29 is 13.5 Å². The minimum absolute atomic E-state index is 0.0586. The molecule has 1 aromatic heterocycles. The van der Waals surface area contributed by atoms with Crippen LogP contribution in [0.15, 0.2) is 18.5 Å². The van der Waals surface area contributed by atoms with Crippen LogP contribution in [-0.4, -0.2) is 20.8 Å². The second-order valence-corrected chi connectivity index (χ2v) is 4.66. The largest absolute Gasteiger partial charge is 0.479 e. The van der Waals surface area contributed by atoms with E-state index in [1.807, 2.05) is 0 Å². The molecule has 0 spiro atoms. The molecule has 7 heteroatoms. The molecule has 0 fully saturated rings. The summed E-state index contributed by atoms with van der Waals surface area (Å²) in [6.07, 6.45) is 1.74. The fourth-order valence-corrected chi connectivity index (χ4v) is 1.83. The molecule has 2 N–H and O–H groups in total. The maximum Gasteiger partial charge on any atom is 0.191 e. The lowest BCUT2D eigenvalue weighted by Crippen LogP contribution is -2.18. The van der Waals surface area contributed by atoms with E-state index in [1.165, 1.54) is 23.1 Å². The Bertz CT molecular complexity index is 575. The van der Waals surface area contributed by atoms with E-state index in [9.17, 15) is 8.78 Å². The fourth-order valence-electron chi connectivity index (χ4n) is 1.83. The summed E-state index contributed by atoms with van der Waals surface area (Å²) in [5.74, 6) is -1.43. The maximum atomic E-state index is 13.8. The Labute approximate surface area is 115 Å². The van der Waals surface area contributed by atoms with Gasteiger partial charge in [0.1, 0.15) is 12.9 Å². The van der Waals surface area contributed by atoms with Gasteiger partial charge in [-0.25, -0.2) is 13.8 Å². The lowest BCUT2D eigenvalue weighted by Gasteiger charge is -2.11. The van der Waals surface area contributed by atoms with Gasteiger partial charge in [-0.1, -0.05) is 0 Å². The normalized spacial score (nSPS) is 12.4. The predicted octanol–water partition coefficient (Wildman–Crippen LogP) is 1.56.